The number of hydrogen-bond donors (Lipinski definition) is 3. The average Bonchev–Trinajstić information content (AvgIpc) is 2.93. The Bertz CT molecular complexity index is 675. The molecule has 104 valence electrons. The number of aliphatic hydroxyl groups is 1. The molecule has 3 N–H and O–H groups in total. The van der Waals surface area contributed by atoms with Crippen molar-refractivity contribution in [3.8, 4) is 0 Å². The van der Waals surface area contributed by atoms with Gasteiger partial charge in [0.2, 0.25) is 0 Å². The van der Waals surface area contributed by atoms with Crippen molar-refractivity contribution in [3.63, 3.8) is 0 Å². The van der Waals surface area contributed by atoms with Gasteiger partial charge in [0.1, 0.15) is 5.01 Å². The maximum atomic E-state index is 12.1. The molecule has 0 amide bonds. The molecule has 7 nitrogen and oxygen atoms in total. The number of aryl methyl sites for hydroxylation is 2. The predicted molar refractivity (Wildman–Crippen MR) is 70.1 cm³/mol. The van der Waals surface area contributed by atoms with Crippen molar-refractivity contribution in [2.24, 2.45) is 0 Å². The average molecular weight is 302 g/mol. The van der Waals surface area contributed by atoms with Gasteiger partial charge in [0.05, 0.1) is 13.2 Å². The number of aromatic nitrogens is 3. The first-order valence-electron chi connectivity index (χ1n) is 5.49. The van der Waals surface area contributed by atoms with Crippen LogP contribution in [0.15, 0.2) is 10.4 Å². The zero-order chi connectivity index (χ0) is 14.0. The van der Waals surface area contributed by atoms with Gasteiger partial charge in [0, 0.05) is 22.3 Å². The van der Waals surface area contributed by atoms with Crippen LogP contribution < -0.4 is 4.72 Å². The lowest BCUT2D eigenvalue weighted by Crippen LogP contribution is -2.24. The quantitative estimate of drug-likeness (QED) is 0.743. The number of aliphatic hydroxyl groups excluding tert-OH is 1. The molecule has 2 heterocycles. The fraction of sp³-hybridized carbons (Fsp3) is 0.400. The normalized spacial score (nSPS) is 11.9. The van der Waals surface area contributed by atoms with E-state index in [4.69, 9.17) is 0 Å². The van der Waals surface area contributed by atoms with Crippen molar-refractivity contribution in [3.05, 3.63) is 27.3 Å². The van der Waals surface area contributed by atoms with Crippen LogP contribution in [-0.2, 0) is 23.2 Å². The highest BCUT2D eigenvalue weighted by atomic mass is 32.2. The molecule has 2 aromatic heterocycles. The minimum Gasteiger partial charge on any atom is -0.392 e. The standard InChI is InChI=1S/C10H14N4O3S2/c1-6-5-18-9(12-6)3-11-19(16,17)10-8(4-15)7(2)13-14-10/h5,11,15H,3-4H2,1-2H3,(H,13,14). The molecular weight excluding hydrogens is 288 g/mol. The zero-order valence-electron chi connectivity index (χ0n) is 10.5. The molecule has 9 heteroatoms. The van der Waals surface area contributed by atoms with Crippen molar-refractivity contribution >= 4 is 21.4 Å². The number of thiazole rings is 1. The summed E-state index contributed by atoms with van der Waals surface area (Å²) in [5.74, 6) is 0. The Kier molecular flexibility index (Phi) is 3.99. The van der Waals surface area contributed by atoms with Gasteiger partial charge in [0.15, 0.2) is 5.03 Å². The highest BCUT2D eigenvalue weighted by Gasteiger charge is 2.23. The fourth-order valence-electron chi connectivity index (χ4n) is 1.55. The summed E-state index contributed by atoms with van der Waals surface area (Å²) in [6.45, 7) is 3.23. The highest BCUT2D eigenvalue weighted by molar-refractivity contribution is 7.89. The van der Waals surface area contributed by atoms with E-state index in [1.165, 1.54) is 11.3 Å². The van der Waals surface area contributed by atoms with E-state index in [-0.39, 0.29) is 23.7 Å². The molecule has 2 aromatic rings. The molecule has 0 saturated carbocycles. The van der Waals surface area contributed by atoms with Crippen LogP contribution in [-0.4, -0.2) is 28.7 Å². The first kappa shape index (κ1) is 14.1. The van der Waals surface area contributed by atoms with Gasteiger partial charge < -0.3 is 5.11 Å². The maximum Gasteiger partial charge on any atom is 0.260 e. The molecule has 2 rings (SSSR count). The van der Waals surface area contributed by atoms with E-state index < -0.39 is 10.0 Å². The number of aromatic amines is 1. The summed E-state index contributed by atoms with van der Waals surface area (Å²) >= 11 is 1.38. The number of hydrogen-bond acceptors (Lipinski definition) is 6. The van der Waals surface area contributed by atoms with E-state index >= 15 is 0 Å². The molecule has 0 spiro atoms. The predicted octanol–water partition coefficient (Wildman–Crippen LogP) is 0.454. The minimum atomic E-state index is -3.76. The van der Waals surface area contributed by atoms with Gasteiger partial charge in [-0.25, -0.2) is 18.1 Å². The molecule has 19 heavy (non-hydrogen) atoms. The van der Waals surface area contributed by atoms with Gasteiger partial charge in [-0.05, 0) is 13.8 Å². The van der Waals surface area contributed by atoms with Crippen LogP contribution in [0.25, 0.3) is 0 Å². The van der Waals surface area contributed by atoms with Crippen LogP contribution >= 0.6 is 11.3 Å². The summed E-state index contributed by atoms with van der Waals surface area (Å²) in [5.41, 5.74) is 1.67. The minimum absolute atomic E-state index is 0.109. The fourth-order valence-corrected chi connectivity index (χ4v) is 3.52. The smallest absolute Gasteiger partial charge is 0.260 e. The molecule has 0 saturated heterocycles. The molecular formula is C10H14N4O3S2. The van der Waals surface area contributed by atoms with Gasteiger partial charge in [0.25, 0.3) is 10.0 Å². The van der Waals surface area contributed by atoms with E-state index in [1.807, 2.05) is 12.3 Å². The van der Waals surface area contributed by atoms with Crippen molar-refractivity contribution < 1.29 is 13.5 Å². The van der Waals surface area contributed by atoms with Crippen molar-refractivity contribution in [1.82, 2.24) is 19.9 Å². The molecule has 0 aliphatic rings. The molecule has 0 atom stereocenters. The number of sulfonamides is 1. The van der Waals surface area contributed by atoms with Gasteiger partial charge >= 0.3 is 0 Å². The largest absolute Gasteiger partial charge is 0.392 e. The molecule has 0 aromatic carbocycles. The first-order valence-corrected chi connectivity index (χ1v) is 7.85. The Morgan fingerprint density at radius 1 is 1.47 bits per heavy atom. The van der Waals surface area contributed by atoms with Gasteiger partial charge in [-0.15, -0.1) is 11.3 Å². The second kappa shape index (κ2) is 5.37. The van der Waals surface area contributed by atoms with Crippen LogP contribution in [0, 0.1) is 13.8 Å². The topological polar surface area (TPSA) is 108 Å². The molecule has 0 unspecified atom stereocenters. The Hall–Kier alpha value is -1.29. The summed E-state index contributed by atoms with van der Waals surface area (Å²) in [4.78, 5) is 4.17. The third-order valence-electron chi connectivity index (χ3n) is 2.53. The third kappa shape index (κ3) is 3.00. The zero-order valence-corrected chi connectivity index (χ0v) is 12.1. The maximum absolute atomic E-state index is 12.1. The first-order chi connectivity index (χ1) is 8.94. The second-order valence-electron chi connectivity index (χ2n) is 4.00. The summed E-state index contributed by atoms with van der Waals surface area (Å²) in [6, 6.07) is 0. The lowest BCUT2D eigenvalue weighted by atomic mass is 10.3. The van der Waals surface area contributed by atoms with Gasteiger partial charge in [-0.1, -0.05) is 0 Å². The van der Waals surface area contributed by atoms with Crippen molar-refractivity contribution in [1.29, 1.82) is 0 Å². The van der Waals surface area contributed by atoms with E-state index in [9.17, 15) is 13.5 Å². The Morgan fingerprint density at radius 3 is 2.79 bits per heavy atom. The van der Waals surface area contributed by atoms with E-state index in [0.717, 1.165) is 5.69 Å². The monoisotopic (exact) mass is 302 g/mol. The lowest BCUT2D eigenvalue weighted by Gasteiger charge is -2.04. The number of H-pyrrole nitrogens is 1. The number of nitrogens with zero attached hydrogens (tertiary/aromatic N) is 2. The van der Waals surface area contributed by atoms with Crippen LogP contribution in [0.3, 0.4) is 0 Å². The Labute approximate surface area is 114 Å². The van der Waals surface area contributed by atoms with Crippen LogP contribution in [0.1, 0.15) is 22.0 Å². The van der Waals surface area contributed by atoms with Gasteiger partial charge in [-0.3, -0.25) is 5.10 Å². The van der Waals surface area contributed by atoms with E-state index in [1.54, 1.807) is 6.92 Å². The molecule has 0 fully saturated rings. The number of rotatable bonds is 5. The van der Waals surface area contributed by atoms with Crippen molar-refractivity contribution in [2.45, 2.75) is 32.0 Å². The van der Waals surface area contributed by atoms with Crippen LogP contribution in [0.4, 0.5) is 0 Å². The number of nitrogens with one attached hydrogen (secondary N) is 2. The van der Waals surface area contributed by atoms with Crippen LogP contribution in [0.2, 0.25) is 0 Å². The Morgan fingerprint density at radius 2 is 2.21 bits per heavy atom. The summed E-state index contributed by atoms with van der Waals surface area (Å²) in [5, 5.41) is 17.8. The van der Waals surface area contributed by atoms with E-state index in [0.29, 0.717) is 10.7 Å². The molecule has 0 aliphatic heterocycles. The second-order valence-corrected chi connectivity index (χ2v) is 6.62. The lowest BCUT2D eigenvalue weighted by molar-refractivity contribution is 0.277. The summed E-state index contributed by atoms with van der Waals surface area (Å²) < 4.78 is 26.6. The molecule has 0 radical (unpaired) electrons. The summed E-state index contributed by atoms with van der Waals surface area (Å²) in [6.07, 6.45) is 0. The third-order valence-corrected chi connectivity index (χ3v) is 4.87. The van der Waals surface area contributed by atoms with Gasteiger partial charge in [-0.2, -0.15) is 5.10 Å². The van der Waals surface area contributed by atoms with E-state index in [2.05, 4.69) is 19.9 Å². The van der Waals surface area contributed by atoms with Crippen molar-refractivity contribution in [2.75, 3.05) is 0 Å². The highest BCUT2D eigenvalue weighted by Crippen LogP contribution is 2.16. The molecule has 0 aliphatic carbocycles. The Balaban J connectivity index is 2.18. The molecule has 0 bridgehead atoms. The SMILES string of the molecule is Cc1csc(CNS(=O)(=O)c2n[nH]c(C)c2CO)n1. The summed E-state index contributed by atoms with van der Waals surface area (Å²) in [7, 11) is -3.76. The van der Waals surface area contributed by atoms with Crippen LogP contribution in [0.5, 0.6) is 0 Å².